The Kier molecular flexibility index (Phi) is 5.15. The van der Waals surface area contributed by atoms with E-state index in [0.29, 0.717) is 12.3 Å². The maximum atomic E-state index is 10.8. The van der Waals surface area contributed by atoms with Crippen LogP contribution in [0.1, 0.15) is 36.3 Å². The van der Waals surface area contributed by atoms with Gasteiger partial charge in [-0.3, -0.25) is 4.79 Å². The molecule has 110 valence electrons. The van der Waals surface area contributed by atoms with E-state index < -0.39 is 12.0 Å². The van der Waals surface area contributed by atoms with Gasteiger partial charge in [-0.15, -0.1) is 0 Å². The topological polar surface area (TPSA) is 66.6 Å². The van der Waals surface area contributed by atoms with Crippen molar-refractivity contribution in [1.29, 1.82) is 0 Å². The first-order valence-corrected chi connectivity index (χ1v) is 7.32. The molecule has 1 saturated heterocycles. The largest absolute Gasteiger partial charge is 0.480 e. The monoisotopic (exact) mass is 276 g/mol. The molecule has 1 aromatic carbocycles. The number of likely N-dealkylation sites (tertiary alicyclic amines) is 1. The standard InChI is InChI=1S/C16H24N2O2/c1-18-8-3-6-13(7-9-18)14-5-2-4-12(10-14)11-15(17)16(19)20/h2,4-5,10,13,15H,3,6-9,11,17H2,1H3,(H,19,20). The number of hydrogen-bond donors (Lipinski definition) is 2. The maximum absolute atomic E-state index is 10.8. The Morgan fingerprint density at radius 1 is 1.45 bits per heavy atom. The number of nitrogens with zero attached hydrogens (tertiary/aromatic N) is 1. The highest BCUT2D eigenvalue weighted by Gasteiger charge is 2.18. The molecule has 1 heterocycles. The molecular formula is C16H24N2O2. The lowest BCUT2D eigenvalue weighted by atomic mass is 9.90. The van der Waals surface area contributed by atoms with Crippen LogP contribution in [-0.4, -0.2) is 42.2 Å². The molecule has 4 heteroatoms. The minimum Gasteiger partial charge on any atom is -0.480 e. The molecule has 1 fully saturated rings. The van der Waals surface area contributed by atoms with E-state index in [-0.39, 0.29) is 0 Å². The van der Waals surface area contributed by atoms with Gasteiger partial charge in [-0.2, -0.15) is 0 Å². The number of rotatable bonds is 4. The van der Waals surface area contributed by atoms with Gasteiger partial charge in [0.15, 0.2) is 0 Å². The van der Waals surface area contributed by atoms with Crippen LogP contribution in [0.25, 0.3) is 0 Å². The quantitative estimate of drug-likeness (QED) is 0.880. The van der Waals surface area contributed by atoms with Crippen molar-refractivity contribution < 1.29 is 9.90 Å². The van der Waals surface area contributed by atoms with E-state index in [0.717, 1.165) is 12.1 Å². The molecule has 1 aliphatic heterocycles. The summed E-state index contributed by atoms with van der Waals surface area (Å²) in [6.45, 7) is 2.30. The molecule has 2 atom stereocenters. The third kappa shape index (κ3) is 4.05. The average molecular weight is 276 g/mol. The van der Waals surface area contributed by atoms with Crippen LogP contribution >= 0.6 is 0 Å². The van der Waals surface area contributed by atoms with E-state index in [1.807, 2.05) is 12.1 Å². The van der Waals surface area contributed by atoms with Crippen molar-refractivity contribution in [1.82, 2.24) is 4.90 Å². The van der Waals surface area contributed by atoms with Gasteiger partial charge in [0.05, 0.1) is 0 Å². The molecule has 0 spiro atoms. The van der Waals surface area contributed by atoms with Gasteiger partial charge in [-0.25, -0.2) is 0 Å². The summed E-state index contributed by atoms with van der Waals surface area (Å²) in [5.74, 6) is -0.354. The second-order valence-electron chi connectivity index (χ2n) is 5.82. The minimum absolute atomic E-state index is 0.399. The van der Waals surface area contributed by atoms with Crippen LogP contribution < -0.4 is 5.73 Å². The van der Waals surface area contributed by atoms with E-state index in [4.69, 9.17) is 10.8 Å². The molecule has 0 bridgehead atoms. The van der Waals surface area contributed by atoms with Crippen LogP contribution in [0.3, 0.4) is 0 Å². The second-order valence-corrected chi connectivity index (χ2v) is 5.82. The lowest BCUT2D eigenvalue weighted by molar-refractivity contribution is -0.138. The Labute approximate surface area is 120 Å². The fourth-order valence-corrected chi connectivity index (χ4v) is 2.89. The van der Waals surface area contributed by atoms with Gasteiger partial charge in [0.1, 0.15) is 6.04 Å². The molecule has 0 radical (unpaired) electrons. The molecular weight excluding hydrogens is 252 g/mol. The molecule has 0 saturated carbocycles. The van der Waals surface area contributed by atoms with Gasteiger partial charge in [0.25, 0.3) is 0 Å². The maximum Gasteiger partial charge on any atom is 0.320 e. The summed E-state index contributed by atoms with van der Waals surface area (Å²) in [7, 11) is 2.17. The minimum atomic E-state index is -0.938. The third-order valence-corrected chi connectivity index (χ3v) is 4.15. The smallest absolute Gasteiger partial charge is 0.320 e. The Hall–Kier alpha value is -1.39. The van der Waals surface area contributed by atoms with Gasteiger partial charge in [0.2, 0.25) is 0 Å². The van der Waals surface area contributed by atoms with Gasteiger partial charge < -0.3 is 15.7 Å². The summed E-state index contributed by atoms with van der Waals surface area (Å²) in [6.07, 6.45) is 4.00. The first-order valence-electron chi connectivity index (χ1n) is 7.32. The van der Waals surface area contributed by atoms with Crippen LogP contribution in [0, 0.1) is 0 Å². The van der Waals surface area contributed by atoms with Crippen LogP contribution in [-0.2, 0) is 11.2 Å². The van der Waals surface area contributed by atoms with Gasteiger partial charge in [-0.05, 0) is 62.9 Å². The van der Waals surface area contributed by atoms with Crippen molar-refractivity contribution in [3.63, 3.8) is 0 Å². The number of aliphatic carboxylic acids is 1. The van der Waals surface area contributed by atoms with E-state index in [2.05, 4.69) is 24.1 Å². The van der Waals surface area contributed by atoms with Crippen molar-refractivity contribution in [3.05, 3.63) is 35.4 Å². The highest BCUT2D eigenvalue weighted by atomic mass is 16.4. The van der Waals surface area contributed by atoms with Gasteiger partial charge >= 0.3 is 5.97 Å². The SMILES string of the molecule is CN1CCCC(c2cccc(CC(N)C(=O)O)c2)CC1. The number of nitrogens with two attached hydrogens (primary N) is 1. The van der Waals surface area contributed by atoms with Crippen molar-refractivity contribution >= 4 is 5.97 Å². The molecule has 2 rings (SSSR count). The first-order chi connectivity index (χ1) is 9.56. The van der Waals surface area contributed by atoms with E-state index >= 15 is 0 Å². The number of carbonyl (C=O) groups is 1. The fraction of sp³-hybridized carbons (Fsp3) is 0.562. The lowest BCUT2D eigenvalue weighted by Crippen LogP contribution is -2.32. The summed E-state index contributed by atoms with van der Waals surface area (Å²) in [6, 6.07) is 7.47. The average Bonchev–Trinajstić information content (AvgIpc) is 2.64. The normalized spacial score (nSPS) is 22.2. The molecule has 3 N–H and O–H groups in total. The summed E-state index contributed by atoms with van der Waals surface area (Å²) >= 11 is 0. The molecule has 4 nitrogen and oxygen atoms in total. The summed E-state index contributed by atoms with van der Waals surface area (Å²) in [5.41, 5.74) is 7.97. The van der Waals surface area contributed by atoms with E-state index in [1.54, 1.807) is 0 Å². The number of carboxylic acid groups (broad SMARTS) is 1. The van der Waals surface area contributed by atoms with E-state index in [9.17, 15) is 4.79 Å². The Bertz CT molecular complexity index is 462. The molecule has 0 amide bonds. The highest BCUT2D eigenvalue weighted by Crippen LogP contribution is 2.28. The molecule has 1 aliphatic rings. The zero-order chi connectivity index (χ0) is 14.5. The predicted octanol–water partition coefficient (Wildman–Crippen LogP) is 1.84. The third-order valence-electron chi connectivity index (χ3n) is 4.15. The Morgan fingerprint density at radius 3 is 3.00 bits per heavy atom. The van der Waals surface area contributed by atoms with Crippen LogP contribution in [0.4, 0.5) is 0 Å². The van der Waals surface area contributed by atoms with Crippen molar-refractivity contribution in [3.8, 4) is 0 Å². The molecule has 2 unspecified atom stereocenters. The zero-order valence-electron chi connectivity index (χ0n) is 12.1. The summed E-state index contributed by atoms with van der Waals surface area (Å²) in [4.78, 5) is 13.2. The van der Waals surface area contributed by atoms with E-state index in [1.165, 1.54) is 31.4 Å². The number of hydrogen-bond acceptors (Lipinski definition) is 3. The van der Waals surface area contributed by atoms with Gasteiger partial charge in [0, 0.05) is 0 Å². The molecule has 20 heavy (non-hydrogen) atoms. The molecule has 0 aliphatic carbocycles. The lowest BCUT2D eigenvalue weighted by Gasteiger charge is -2.16. The predicted molar refractivity (Wildman–Crippen MR) is 79.8 cm³/mol. The summed E-state index contributed by atoms with van der Waals surface area (Å²) in [5, 5.41) is 8.90. The first kappa shape index (κ1) is 15.0. The van der Waals surface area contributed by atoms with Crippen LogP contribution in [0.2, 0.25) is 0 Å². The van der Waals surface area contributed by atoms with Gasteiger partial charge in [-0.1, -0.05) is 24.3 Å². The van der Waals surface area contributed by atoms with Crippen molar-refractivity contribution in [2.75, 3.05) is 20.1 Å². The highest BCUT2D eigenvalue weighted by molar-refractivity contribution is 5.73. The Morgan fingerprint density at radius 2 is 2.25 bits per heavy atom. The van der Waals surface area contributed by atoms with Crippen molar-refractivity contribution in [2.45, 2.75) is 37.6 Å². The van der Waals surface area contributed by atoms with Crippen molar-refractivity contribution in [2.24, 2.45) is 5.73 Å². The number of benzene rings is 1. The zero-order valence-corrected chi connectivity index (χ0v) is 12.1. The fourth-order valence-electron chi connectivity index (χ4n) is 2.89. The second kappa shape index (κ2) is 6.86. The summed E-state index contributed by atoms with van der Waals surface area (Å²) < 4.78 is 0. The number of carboxylic acids is 1. The Balaban J connectivity index is 2.07. The van der Waals surface area contributed by atoms with Crippen LogP contribution in [0.15, 0.2) is 24.3 Å². The molecule has 1 aromatic rings. The molecule has 0 aromatic heterocycles. The van der Waals surface area contributed by atoms with Crippen LogP contribution in [0.5, 0.6) is 0 Å².